The molecule has 5 heteroatoms. The monoisotopic (exact) mass is 299 g/mol. The number of ether oxygens (including phenoxy) is 1. The average Bonchev–Trinajstić information content (AvgIpc) is 2.57. The van der Waals surface area contributed by atoms with Crippen LogP contribution in [-0.4, -0.2) is 37.4 Å². The molecule has 0 aromatic heterocycles. The molecule has 0 aliphatic carbocycles. The second-order valence-electron chi connectivity index (χ2n) is 3.92. The Labute approximate surface area is 108 Å². The lowest BCUT2D eigenvalue weighted by Gasteiger charge is -2.23. The molecule has 1 heterocycles. The Morgan fingerprint density at radius 1 is 1.35 bits per heavy atom. The van der Waals surface area contributed by atoms with Crippen LogP contribution in [0.5, 0.6) is 0 Å². The highest BCUT2D eigenvalue weighted by atomic mass is 79.9. The van der Waals surface area contributed by atoms with Crippen LogP contribution in [0, 0.1) is 0 Å². The predicted octanol–water partition coefficient (Wildman–Crippen LogP) is 2.37. The van der Waals surface area contributed by atoms with Gasteiger partial charge in [0.05, 0.1) is 17.9 Å². The minimum atomic E-state index is -0.906. The topological polar surface area (TPSA) is 49.8 Å². The van der Waals surface area contributed by atoms with Gasteiger partial charge < -0.3 is 14.7 Å². The average molecular weight is 300 g/mol. The van der Waals surface area contributed by atoms with Gasteiger partial charge in [-0.25, -0.2) is 4.79 Å². The molecule has 0 atom stereocenters. The molecule has 0 unspecified atom stereocenters. The largest absolute Gasteiger partial charge is 0.478 e. The molecule has 1 aliphatic heterocycles. The smallest absolute Gasteiger partial charge is 0.335 e. The van der Waals surface area contributed by atoms with E-state index in [-0.39, 0.29) is 0 Å². The minimum Gasteiger partial charge on any atom is -0.478 e. The first-order valence-corrected chi connectivity index (χ1v) is 6.33. The number of aromatic carboxylic acids is 1. The van der Waals surface area contributed by atoms with Crippen molar-refractivity contribution in [2.24, 2.45) is 0 Å². The maximum absolute atomic E-state index is 10.8. The molecule has 92 valence electrons. The van der Waals surface area contributed by atoms with Crippen molar-refractivity contribution in [3.05, 3.63) is 28.2 Å². The third kappa shape index (κ3) is 2.98. The molecule has 1 aromatic carbocycles. The summed E-state index contributed by atoms with van der Waals surface area (Å²) in [4.78, 5) is 13.1. The van der Waals surface area contributed by atoms with Crippen molar-refractivity contribution in [1.29, 1.82) is 0 Å². The number of carbonyl (C=O) groups is 1. The number of benzene rings is 1. The number of carboxylic acids is 1. The molecule has 0 spiro atoms. The van der Waals surface area contributed by atoms with Gasteiger partial charge in [-0.15, -0.1) is 0 Å². The van der Waals surface area contributed by atoms with Crippen molar-refractivity contribution in [1.82, 2.24) is 0 Å². The van der Waals surface area contributed by atoms with Gasteiger partial charge in [0.25, 0.3) is 0 Å². The Kier molecular flexibility index (Phi) is 4.02. The first kappa shape index (κ1) is 12.4. The van der Waals surface area contributed by atoms with E-state index in [0.717, 1.165) is 36.3 Å². The number of anilines is 1. The molecule has 4 nitrogen and oxygen atoms in total. The van der Waals surface area contributed by atoms with E-state index in [2.05, 4.69) is 20.8 Å². The molecule has 0 saturated carbocycles. The highest BCUT2D eigenvalue weighted by molar-refractivity contribution is 9.10. The van der Waals surface area contributed by atoms with Crippen molar-refractivity contribution in [3.8, 4) is 0 Å². The molecule has 0 amide bonds. The van der Waals surface area contributed by atoms with Gasteiger partial charge in [0, 0.05) is 24.2 Å². The van der Waals surface area contributed by atoms with E-state index in [4.69, 9.17) is 9.84 Å². The van der Waals surface area contributed by atoms with Crippen LogP contribution in [0.2, 0.25) is 0 Å². The first-order chi connectivity index (χ1) is 8.18. The summed E-state index contributed by atoms with van der Waals surface area (Å²) in [5, 5.41) is 8.90. The summed E-state index contributed by atoms with van der Waals surface area (Å²) in [6.07, 6.45) is 0.993. The Balaban J connectivity index is 2.22. The van der Waals surface area contributed by atoms with Crippen molar-refractivity contribution in [2.45, 2.75) is 6.42 Å². The van der Waals surface area contributed by atoms with Crippen LogP contribution < -0.4 is 4.90 Å². The number of nitrogens with zero attached hydrogens (tertiary/aromatic N) is 1. The van der Waals surface area contributed by atoms with Crippen LogP contribution in [0.3, 0.4) is 0 Å². The van der Waals surface area contributed by atoms with Gasteiger partial charge in [-0.1, -0.05) is 0 Å². The van der Waals surface area contributed by atoms with Crippen molar-refractivity contribution < 1.29 is 14.6 Å². The van der Waals surface area contributed by atoms with Gasteiger partial charge in [-0.2, -0.15) is 0 Å². The number of carboxylic acid groups (broad SMARTS) is 1. The predicted molar refractivity (Wildman–Crippen MR) is 68.8 cm³/mol. The van der Waals surface area contributed by atoms with E-state index >= 15 is 0 Å². The maximum Gasteiger partial charge on any atom is 0.335 e. The second kappa shape index (κ2) is 5.51. The molecule has 1 N–H and O–H groups in total. The third-order valence-corrected chi connectivity index (χ3v) is 3.39. The van der Waals surface area contributed by atoms with Crippen LogP contribution in [0.15, 0.2) is 22.7 Å². The Morgan fingerprint density at radius 3 is 2.88 bits per heavy atom. The van der Waals surface area contributed by atoms with Crippen molar-refractivity contribution >= 4 is 27.6 Å². The summed E-state index contributed by atoms with van der Waals surface area (Å²) in [6.45, 7) is 3.28. The fraction of sp³-hybridized carbons (Fsp3) is 0.417. The number of hydrogen-bond acceptors (Lipinski definition) is 3. The summed E-state index contributed by atoms with van der Waals surface area (Å²) in [6, 6.07) is 5.12. The summed E-state index contributed by atoms with van der Waals surface area (Å²) < 4.78 is 6.22. The van der Waals surface area contributed by atoms with Gasteiger partial charge in [-0.05, 0) is 40.5 Å². The van der Waals surface area contributed by atoms with Gasteiger partial charge in [0.15, 0.2) is 0 Å². The van der Waals surface area contributed by atoms with Crippen LogP contribution in [0.25, 0.3) is 0 Å². The summed E-state index contributed by atoms with van der Waals surface area (Å²) in [5.41, 5.74) is 1.33. The number of hydrogen-bond donors (Lipinski definition) is 1. The molecule has 1 aliphatic rings. The Bertz CT molecular complexity index is 414. The second-order valence-corrected chi connectivity index (χ2v) is 4.78. The lowest BCUT2D eigenvalue weighted by atomic mass is 10.2. The lowest BCUT2D eigenvalue weighted by Crippen LogP contribution is -2.26. The van der Waals surface area contributed by atoms with Crippen LogP contribution in [-0.2, 0) is 4.74 Å². The maximum atomic E-state index is 10.8. The Morgan fingerprint density at radius 2 is 2.18 bits per heavy atom. The summed E-state index contributed by atoms with van der Waals surface area (Å²) >= 11 is 3.43. The fourth-order valence-corrected chi connectivity index (χ4v) is 2.51. The van der Waals surface area contributed by atoms with Crippen LogP contribution in [0.1, 0.15) is 16.8 Å². The van der Waals surface area contributed by atoms with Gasteiger partial charge >= 0.3 is 5.97 Å². The SMILES string of the molecule is O=C(O)c1ccc(N2CCCOCC2)c(Br)c1. The lowest BCUT2D eigenvalue weighted by molar-refractivity contribution is 0.0697. The van der Waals surface area contributed by atoms with Crippen molar-refractivity contribution in [3.63, 3.8) is 0 Å². The standard InChI is InChI=1S/C12H14BrNO3/c13-10-8-9(12(15)16)2-3-11(10)14-4-1-6-17-7-5-14/h2-3,8H,1,4-7H2,(H,15,16). The zero-order valence-corrected chi connectivity index (χ0v) is 10.9. The molecular formula is C12H14BrNO3. The molecule has 2 rings (SSSR count). The van der Waals surface area contributed by atoms with Gasteiger partial charge in [0.1, 0.15) is 0 Å². The first-order valence-electron chi connectivity index (χ1n) is 5.54. The molecule has 1 fully saturated rings. The fourth-order valence-electron chi connectivity index (χ4n) is 1.88. The van der Waals surface area contributed by atoms with Crippen molar-refractivity contribution in [2.75, 3.05) is 31.2 Å². The molecule has 17 heavy (non-hydrogen) atoms. The highest BCUT2D eigenvalue weighted by Gasteiger charge is 2.14. The summed E-state index contributed by atoms with van der Waals surface area (Å²) in [5.74, 6) is -0.906. The van der Waals surface area contributed by atoms with Gasteiger partial charge in [0.2, 0.25) is 0 Å². The third-order valence-electron chi connectivity index (χ3n) is 2.76. The number of halogens is 1. The molecule has 1 aromatic rings. The molecule has 0 radical (unpaired) electrons. The normalized spacial score (nSPS) is 16.6. The van der Waals surface area contributed by atoms with Crippen LogP contribution >= 0.6 is 15.9 Å². The van der Waals surface area contributed by atoms with E-state index < -0.39 is 5.97 Å². The Hall–Kier alpha value is -1.07. The van der Waals surface area contributed by atoms with E-state index in [1.165, 1.54) is 0 Å². The quantitative estimate of drug-likeness (QED) is 0.911. The zero-order chi connectivity index (χ0) is 12.3. The zero-order valence-electron chi connectivity index (χ0n) is 9.36. The highest BCUT2D eigenvalue weighted by Crippen LogP contribution is 2.28. The van der Waals surface area contributed by atoms with E-state index in [1.54, 1.807) is 12.1 Å². The molecule has 0 bridgehead atoms. The molecular weight excluding hydrogens is 286 g/mol. The van der Waals surface area contributed by atoms with E-state index in [1.807, 2.05) is 6.07 Å². The van der Waals surface area contributed by atoms with E-state index in [9.17, 15) is 4.79 Å². The van der Waals surface area contributed by atoms with Crippen LogP contribution in [0.4, 0.5) is 5.69 Å². The minimum absolute atomic E-state index is 0.298. The summed E-state index contributed by atoms with van der Waals surface area (Å²) in [7, 11) is 0. The van der Waals surface area contributed by atoms with E-state index in [0.29, 0.717) is 12.2 Å². The molecule has 1 saturated heterocycles. The number of rotatable bonds is 2. The van der Waals surface area contributed by atoms with Gasteiger partial charge in [-0.3, -0.25) is 0 Å².